The van der Waals surface area contributed by atoms with Crippen LogP contribution in [0, 0.1) is 0 Å². The molecule has 0 radical (unpaired) electrons. The number of nitrogens with zero attached hydrogens (tertiary/aromatic N) is 1. The summed E-state index contributed by atoms with van der Waals surface area (Å²) >= 11 is 6.16. The highest BCUT2D eigenvalue weighted by molar-refractivity contribution is 14.0. The second-order valence-electron chi connectivity index (χ2n) is 5.71. The van der Waals surface area contributed by atoms with Gasteiger partial charge >= 0.3 is 0 Å². The van der Waals surface area contributed by atoms with E-state index >= 15 is 0 Å². The van der Waals surface area contributed by atoms with E-state index in [2.05, 4.69) is 15.6 Å². The molecule has 0 spiro atoms. The van der Waals surface area contributed by atoms with E-state index in [4.69, 9.17) is 16.0 Å². The van der Waals surface area contributed by atoms with Gasteiger partial charge in [-0.3, -0.25) is 0 Å². The first-order chi connectivity index (χ1) is 11.5. The maximum Gasteiger partial charge on any atom is 0.191 e. The van der Waals surface area contributed by atoms with Crippen LogP contribution in [0.5, 0.6) is 0 Å². The molecule has 2 rings (SSSR count). The monoisotopic (exact) mass is 477 g/mol. The molecule has 1 atom stereocenters. The lowest BCUT2D eigenvalue weighted by Crippen LogP contribution is -2.39. The molecule has 3 N–H and O–H groups in total. The highest BCUT2D eigenvalue weighted by Crippen LogP contribution is 2.21. The zero-order valence-corrected chi connectivity index (χ0v) is 17.5. The van der Waals surface area contributed by atoms with Crippen molar-refractivity contribution in [1.82, 2.24) is 10.6 Å². The van der Waals surface area contributed by atoms with Crippen LogP contribution in [0.4, 0.5) is 0 Å². The van der Waals surface area contributed by atoms with E-state index in [1.165, 1.54) is 0 Å². The lowest BCUT2D eigenvalue weighted by atomic mass is 10.0. The number of furan rings is 1. The SMILES string of the molecule is CCNC(=NCC(C)(O)c1ccco1)NCCc1ccccc1Cl.I. The molecule has 1 unspecified atom stereocenters. The molecule has 0 aliphatic heterocycles. The number of rotatable bonds is 7. The second kappa shape index (κ2) is 10.7. The number of guanidine groups is 1. The van der Waals surface area contributed by atoms with Gasteiger partial charge in [0.15, 0.2) is 5.96 Å². The fourth-order valence-corrected chi connectivity index (χ4v) is 2.48. The number of hydrogen-bond acceptors (Lipinski definition) is 3. The standard InChI is InChI=1S/C18H24ClN3O2.HI/c1-3-20-17(21-11-10-14-7-4-5-8-15(14)19)22-13-18(2,23)16-9-6-12-24-16;/h4-9,12,23H,3,10-11,13H2,1-2H3,(H2,20,21,22);1H. The molecule has 5 nitrogen and oxygen atoms in total. The van der Waals surface area contributed by atoms with Crippen molar-refractivity contribution in [2.45, 2.75) is 25.9 Å². The fraction of sp³-hybridized carbons (Fsp3) is 0.389. The van der Waals surface area contributed by atoms with Gasteiger partial charge in [0.1, 0.15) is 11.4 Å². The maximum atomic E-state index is 10.5. The predicted octanol–water partition coefficient (Wildman–Crippen LogP) is 3.56. The van der Waals surface area contributed by atoms with Gasteiger partial charge in [-0.15, -0.1) is 24.0 Å². The first kappa shape index (κ1) is 21.8. The summed E-state index contributed by atoms with van der Waals surface area (Å²) in [6.07, 6.45) is 2.33. The summed E-state index contributed by atoms with van der Waals surface area (Å²) < 4.78 is 5.27. The Hall–Kier alpha value is -1.25. The molecular formula is C18H25ClIN3O2. The molecule has 138 valence electrons. The summed E-state index contributed by atoms with van der Waals surface area (Å²) in [4.78, 5) is 4.45. The third kappa shape index (κ3) is 6.87. The number of nitrogens with one attached hydrogen (secondary N) is 2. The molecule has 0 amide bonds. The smallest absolute Gasteiger partial charge is 0.191 e. The molecule has 1 heterocycles. The van der Waals surface area contributed by atoms with Gasteiger partial charge in [-0.25, -0.2) is 4.99 Å². The van der Waals surface area contributed by atoms with E-state index in [-0.39, 0.29) is 30.5 Å². The van der Waals surface area contributed by atoms with Gasteiger partial charge in [-0.05, 0) is 44.0 Å². The molecule has 1 aromatic carbocycles. The van der Waals surface area contributed by atoms with Gasteiger partial charge in [-0.2, -0.15) is 0 Å². The normalized spacial score (nSPS) is 13.7. The summed E-state index contributed by atoms with van der Waals surface area (Å²) in [5, 5.41) is 17.6. The van der Waals surface area contributed by atoms with Crippen molar-refractivity contribution in [3.63, 3.8) is 0 Å². The van der Waals surface area contributed by atoms with Crippen LogP contribution < -0.4 is 10.6 Å². The largest absolute Gasteiger partial charge is 0.466 e. The minimum absolute atomic E-state index is 0. The van der Waals surface area contributed by atoms with Crippen LogP contribution in [0.25, 0.3) is 0 Å². The average molecular weight is 478 g/mol. The minimum Gasteiger partial charge on any atom is -0.466 e. The van der Waals surface area contributed by atoms with Crippen LogP contribution in [-0.2, 0) is 12.0 Å². The summed E-state index contributed by atoms with van der Waals surface area (Å²) in [5.74, 6) is 1.15. The number of aliphatic hydroxyl groups is 1. The zero-order chi connectivity index (χ0) is 17.4. The van der Waals surface area contributed by atoms with Crippen LogP contribution in [0.2, 0.25) is 5.02 Å². The van der Waals surface area contributed by atoms with E-state index in [1.54, 1.807) is 25.3 Å². The van der Waals surface area contributed by atoms with Crippen LogP contribution in [0.3, 0.4) is 0 Å². The van der Waals surface area contributed by atoms with Crippen LogP contribution in [0.15, 0.2) is 52.1 Å². The van der Waals surface area contributed by atoms with Gasteiger partial charge in [0, 0.05) is 18.1 Å². The van der Waals surface area contributed by atoms with Crippen molar-refractivity contribution in [3.05, 3.63) is 59.0 Å². The van der Waals surface area contributed by atoms with Gasteiger partial charge in [0.2, 0.25) is 0 Å². The van der Waals surface area contributed by atoms with Crippen molar-refractivity contribution in [3.8, 4) is 0 Å². The Labute approximate surface area is 170 Å². The van der Waals surface area contributed by atoms with Crippen LogP contribution in [-0.4, -0.2) is 30.7 Å². The van der Waals surface area contributed by atoms with Gasteiger partial charge in [-0.1, -0.05) is 29.8 Å². The number of halogens is 2. The molecule has 7 heteroatoms. The maximum absolute atomic E-state index is 10.5. The molecule has 0 aliphatic carbocycles. The molecule has 0 saturated carbocycles. The van der Waals surface area contributed by atoms with Gasteiger partial charge in [0.05, 0.1) is 12.8 Å². The first-order valence-electron chi connectivity index (χ1n) is 8.05. The molecular weight excluding hydrogens is 453 g/mol. The van der Waals surface area contributed by atoms with E-state index in [9.17, 15) is 5.11 Å². The molecule has 0 fully saturated rings. The van der Waals surface area contributed by atoms with Crippen molar-refractivity contribution >= 4 is 41.5 Å². The van der Waals surface area contributed by atoms with Gasteiger partial charge in [0.25, 0.3) is 0 Å². The first-order valence-corrected chi connectivity index (χ1v) is 8.42. The van der Waals surface area contributed by atoms with Crippen molar-refractivity contribution in [1.29, 1.82) is 0 Å². The van der Waals surface area contributed by atoms with Crippen molar-refractivity contribution in [2.75, 3.05) is 19.6 Å². The van der Waals surface area contributed by atoms with Gasteiger partial charge < -0.3 is 20.2 Å². The average Bonchev–Trinajstić information content (AvgIpc) is 3.10. The Balaban J connectivity index is 0.00000312. The van der Waals surface area contributed by atoms with E-state index in [0.29, 0.717) is 18.3 Å². The molecule has 1 aromatic heterocycles. The summed E-state index contributed by atoms with van der Waals surface area (Å²) in [6.45, 7) is 5.31. The summed E-state index contributed by atoms with van der Waals surface area (Å²) in [6, 6.07) is 11.3. The summed E-state index contributed by atoms with van der Waals surface area (Å²) in [5.41, 5.74) is -0.0562. The van der Waals surface area contributed by atoms with Crippen LogP contribution >= 0.6 is 35.6 Å². The lowest BCUT2D eigenvalue weighted by molar-refractivity contribution is 0.0437. The number of aliphatic imine (C=N–C) groups is 1. The molecule has 0 bridgehead atoms. The second-order valence-corrected chi connectivity index (χ2v) is 6.12. The third-order valence-corrected chi connectivity index (χ3v) is 3.95. The highest BCUT2D eigenvalue weighted by atomic mass is 127. The Kier molecular flexibility index (Phi) is 9.31. The molecule has 0 saturated heterocycles. The highest BCUT2D eigenvalue weighted by Gasteiger charge is 2.26. The topological polar surface area (TPSA) is 69.8 Å². The zero-order valence-electron chi connectivity index (χ0n) is 14.5. The van der Waals surface area contributed by atoms with E-state index in [1.807, 2.05) is 31.2 Å². The van der Waals surface area contributed by atoms with Crippen LogP contribution in [0.1, 0.15) is 25.2 Å². The molecule has 2 aromatic rings. The molecule has 0 aliphatic rings. The number of hydrogen-bond donors (Lipinski definition) is 3. The Bertz CT molecular complexity index is 660. The molecule has 25 heavy (non-hydrogen) atoms. The van der Waals surface area contributed by atoms with E-state index < -0.39 is 5.60 Å². The number of benzene rings is 1. The summed E-state index contributed by atoms with van der Waals surface area (Å²) in [7, 11) is 0. The lowest BCUT2D eigenvalue weighted by Gasteiger charge is -2.19. The van der Waals surface area contributed by atoms with Crippen molar-refractivity contribution < 1.29 is 9.52 Å². The Morgan fingerprint density at radius 1 is 1.24 bits per heavy atom. The Morgan fingerprint density at radius 3 is 2.64 bits per heavy atom. The minimum atomic E-state index is -1.14. The van der Waals surface area contributed by atoms with E-state index in [0.717, 1.165) is 23.6 Å². The Morgan fingerprint density at radius 2 is 2.00 bits per heavy atom. The van der Waals surface area contributed by atoms with Crippen molar-refractivity contribution in [2.24, 2.45) is 4.99 Å². The fourth-order valence-electron chi connectivity index (χ4n) is 2.25. The third-order valence-electron chi connectivity index (χ3n) is 3.59. The predicted molar refractivity (Wildman–Crippen MR) is 113 cm³/mol. The quantitative estimate of drug-likeness (QED) is 0.324.